The predicted molar refractivity (Wildman–Crippen MR) is 230 cm³/mol. The summed E-state index contributed by atoms with van der Waals surface area (Å²) in [5.74, 6) is 0.767. The number of carbonyl (C=O) groups excluding carboxylic acids is 1. The summed E-state index contributed by atoms with van der Waals surface area (Å²) in [7, 11) is -2.83. The first kappa shape index (κ1) is 40.4. The second-order valence-corrected chi connectivity index (χ2v) is 21.5. The van der Waals surface area contributed by atoms with Gasteiger partial charge in [-0.3, -0.25) is 0 Å². The summed E-state index contributed by atoms with van der Waals surface area (Å²) in [5, 5.41) is 21.4. The summed E-state index contributed by atoms with van der Waals surface area (Å²) >= 11 is 0. The van der Waals surface area contributed by atoms with Crippen molar-refractivity contribution < 1.29 is 33.6 Å². The molecular weight excluding hydrogens is 741 g/mol. The van der Waals surface area contributed by atoms with Crippen LogP contribution in [0.1, 0.15) is 60.3 Å². The van der Waals surface area contributed by atoms with Gasteiger partial charge in [0.2, 0.25) is 0 Å². The Kier molecular flexibility index (Phi) is 11.5. The fourth-order valence-electron chi connectivity index (χ4n) is 7.78. The van der Waals surface area contributed by atoms with Gasteiger partial charge in [-0.2, -0.15) is 0 Å². The topological polar surface area (TPSA) is 94.5 Å². The minimum absolute atomic E-state index is 0.222. The number of aldehydes is 1. The highest BCUT2D eigenvalue weighted by molar-refractivity contribution is 6.74. The number of phenolic OH excluding ortho intramolecular Hbond substituents is 2. The van der Waals surface area contributed by atoms with E-state index in [1.807, 2.05) is 133 Å². The van der Waals surface area contributed by atoms with Crippen LogP contribution in [0.15, 0.2) is 152 Å². The van der Waals surface area contributed by atoms with Gasteiger partial charge in [0.15, 0.2) is 25.9 Å². The van der Waals surface area contributed by atoms with Crippen LogP contribution in [0.25, 0.3) is 0 Å². The average molecular weight is 793 g/mol. The molecule has 0 saturated heterocycles. The van der Waals surface area contributed by atoms with E-state index >= 15 is 4.79 Å². The molecule has 0 bridgehead atoms. The lowest BCUT2D eigenvalue weighted by molar-refractivity contribution is -0.145. The van der Waals surface area contributed by atoms with E-state index in [1.54, 1.807) is 6.07 Å². The molecule has 0 saturated carbocycles. The molecule has 7 rings (SSSR count). The molecule has 0 aliphatic carbocycles. The van der Waals surface area contributed by atoms with Gasteiger partial charge in [0, 0.05) is 18.6 Å². The van der Waals surface area contributed by atoms with Crippen LogP contribution in [0.5, 0.6) is 28.7 Å². The minimum Gasteiger partial charge on any atom is -0.504 e. The Labute approximate surface area is 343 Å². The van der Waals surface area contributed by atoms with Gasteiger partial charge in [0.05, 0.1) is 11.0 Å². The van der Waals surface area contributed by atoms with Crippen molar-refractivity contribution in [3.8, 4) is 28.7 Å². The number of hydrogen-bond acceptors (Lipinski definition) is 7. The molecule has 1 heterocycles. The molecule has 2 N–H and O–H groups in total. The summed E-state index contributed by atoms with van der Waals surface area (Å²) in [6.45, 7) is 11.4. The normalized spacial score (nSPS) is 19.1. The third-order valence-corrected chi connectivity index (χ3v) is 16.3. The van der Waals surface area contributed by atoms with Crippen LogP contribution in [0, 0.1) is 0 Å². The van der Waals surface area contributed by atoms with Crippen molar-refractivity contribution in [1.29, 1.82) is 0 Å². The Hall–Kier alpha value is -5.83. The van der Waals surface area contributed by atoms with E-state index in [-0.39, 0.29) is 36.0 Å². The van der Waals surface area contributed by atoms with Crippen molar-refractivity contribution in [2.75, 3.05) is 0 Å². The largest absolute Gasteiger partial charge is 0.504 e. The smallest absolute Gasteiger partial charge is 0.193 e. The number of aromatic hydroxyl groups is 2. The molecular formula is C50H52O7Si. The van der Waals surface area contributed by atoms with E-state index in [9.17, 15) is 10.2 Å². The molecule has 58 heavy (non-hydrogen) atoms. The van der Waals surface area contributed by atoms with E-state index in [1.165, 1.54) is 12.1 Å². The number of benzene rings is 6. The van der Waals surface area contributed by atoms with Gasteiger partial charge in [0.1, 0.15) is 42.3 Å². The average Bonchev–Trinajstić information content (AvgIpc) is 3.22. The molecule has 0 radical (unpaired) electrons. The van der Waals surface area contributed by atoms with E-state index in [0.29, 0.717) is 35.0 Å². The molecule has 7 nitrogen and oxygen atoms in total. The van der Waals surface area contributed by atoms with Crippen LogP contribution < -0.4 is 14.2 Å². The molecule has 1 unspecified atom stereocenters. The van der Waals surface area contributed by atoms with Crippen LogP contribution in [-0.2, 0) is 40.7 Å². The first-order valence-corrected chi connectivity index (χ1v) is 22.7. The second-order valence-electron chi connectivity index (χ2n) is 16.8. The highest BCUT2D eigenvalue weighted by Gasteiger charge is 2.66. The summed E-state index contributed by atoms with van der Waals surface area (Å²) in [6, 6.07) is 48.2. The monoisotopic (exact) mass is 792 g/mol. The molecule has 6 aromatic rings. The summed E-state index contributed by atoms with van der Waals surface area (Å²) < 4.78 is 28.6. The molecule has 0 aromatic heterocycles. The predicted octanol–water partition coefficient (Wildman–Crippen LogP) is 11.1. The van der Waals surface area contributed by atoms with Crippen LogP contribution in [0.4, 0.5) is 0 Å². The Morgan fingerprint density at radius 2 is 1.17 bits per heavy atom. The lowest BCUT2D eigenvalue weighted by Gasteiger charge is -2.59. The quantitative estimate of drug-likeness (QED) is 0.0644. The van der Waals surface area contributed by atoms with Gasteiger partial charge in [-0.05, 0) is 64.5 Å². The van der Waals surface area contributed by atoms with E-state index < -0.39 is 25.4 Å². The standard InChI is InChI=1S/C50H52O7Si/c1-48(2,3)58(4,5)57-50(32-37-20-12-7-13-21-37)47(40-26-27-42(52)43(53)28-40)56-45-30-41(54-33-38-22-14-8-15-23-38)29-44(55-34-39-24-16-9-17-25-39)46(45)49(50,35-51)31-36-18-10-6-11-19-36/h6-30,35,47,52-53H,31-34H2,1-5H3/t47-,49?,50-/m1/s1. The van der Waals surface area contributed by atoms with Crippen LogP contribution in [-0.4, -0.2) is 30.4 Å². The van der Waals surface area contributed by atoms with Crippen LogP contribution in [0.2, 0.25) is 18.1 Å². The zero-order chi connectivity index (χ0) is 41.0. The second kappa shape index (κ2) is 16.6. The summed E-state index contributed by atoms with van der Waals surface area (Å²) in [6.07, 6.45) is 0.579. The van der Waals surface area contributed by atoms with Crippen molar-refractivity contribution in [2.45, 2.75) is 82.1 Å². The third-order valence-electron chi connectivity index (χ3n) is 11.8. The minimum atomic E-state index is -2.83. The fraction of sp³-hybridized carbons (Fsp3) is 0.260. The van der Waals surface area contributed by atoms with Crippen molar-refractivity contribution in [3.63, 3.8) is 0 Å². The summed E-state index contributed by atoms with van der Waals surface area (Å²) in [5.41, 5.74) is 1.99. The van der Waals surface area contributed by atoms with Gasteiger partial charge in [0.25, 0.3) is 0 Å². The zero-order valence-electron chi connectivity index (χ0n) is 33.9. The lowest BCUT2D eigenvalue weighted by Crippen LogP contribution is -2.68. The van der Waals surface area contributed by atoms with E-state index in [4.69, 9.17) is 18.6 Å². The zero-order valence-corrected chi connectivity index (χ0v) is 34.9. The van der Waals surface area contributed by atoms with Crippen molar-refractivity contribution in [1.82, 2.24) is 0 Å². The molecule has 6 aromatic carbocycles. The number of fused-ring (bicyclic) bond motifs is 1. The molecule has 298 valence electrons. The highest BCUT2D eigenvalue weighted by atomic mass is 28.4. The molecule has 1 aliphatic heterocycles. The highest BCUT2D eigenvalue weighted by Crippen LogP contribution is 2.61. The van der Waals surface area contributed by atoms with Gasteiger partial charge in [-0.15, -0.1) is 0 Å². The molecule has 8 heteroatoms. The SMILES string of the molecule is CC(C)(C)[Si](C)(C)O[C@]1(Cc2ccccc2)[C@@H](c2ccc(O)c(O)c2)Oc2cc(OCc3ccccc3)cc(OCc3ccccc3)c2C1(C=O)Cc1ccccc1. The van der Waals surface area contributed by atoms with Crippen LogP contribution >= 0.6 is 0 Å². The first-order chi connectivity index (χ1) is 27.8. The summed E-state index contributed by atoms with van der Waals surface area (Å²) in [4.78, 5) is 15.0. The maximum atomic E-state index is 15.0. The molecule has 1 aliphatic rings. The Balaban J connectivity index is 1.57. The third kappa shape index (κ3) is 8.13. The van der Waals surface area contributed by atoms with E-state index in [0.717, 1.165) is 28.5 Å². The molecule has 0 fully saturated rings. The maximum Gasteiger partial charge on any atom is 0.193 e. The van der Waals surface area contributed by atoms with Crippen molar-refractivity contribution >= 4 is 14.6 Å². The molecule has 3 atom stereocenters. The Morgan fingerprint density at radius 1 is 0.655 bits per heavy atom. The van der Waals surface area contributed by atoms with Gasteiger partial charge < -0.3 is 33.6 Å². The number of phenols is 2. The Morgan fingerprint density at radius 3 is 1.69 bits per heavy atom. The maximum absolute atomic E-state index is 15.0. The first-order valence-electron chi connectivity index (χ1n) is 19.8. The van der Waals surface area contributed by atoms with Crippen molar-refractivity contribution in [2.24, 2.45) is 0 Å². The number of rotatable bonds is 14. The lowest BCUT2D eigenvalue weighted by atomic mass is 9.58. The Bertz CT molecular complexity index is 2310. The number of hydrogen-bond donors (Lipinski definition) is 2. The van der Waals surface area contributed by atoms with Gasteiger partial charge in [-0.1, -0.05) is 148 Å². The number of ether oxygens (including phenoxy) is 3. The fourth-order valence-corrected chi connectivity index (χ4v) is 9.35. The van der Waals surface area contributed by atoms with Gasteiger partial charge in [-0.25, -0.2) is 0 Å². The molecule has 0 spiro atoms. The molecule has 0 amide bonds. The number of carbonyl (C=O) groups is 1. The van der Waals surface area contributed by atoms with Crippen LogP contribution in [0.3, 0.4) is 0 Å². The van der Waals surface area contributed by atoms with E-state index in [2.05, 4.69) is 33.9 Å². The van der Waals surface area contributed by atoms with Gasteiger partial charge >= 0.3 is 0 Å². The van der Waals surface area contributed by atoms with Crippen molar-refractivity contribution in [3.05, 3.63) is 185 Å².